The number of imidazole rings is 1. The van der Waals surface area contributed by atoms with E-state index in [1.54, 1.807) is 6.20 Å². The second kappa shape index (κ2) is 11.5. The number of para-hydroxylation sites is 2. The number of rotatable bonds is 2. The third-order valence-corrected chi connectivity index (χ3v) is 8.34. The molecule has 1 aliphatic heterocycles. The van der Waals surface area contributed by atoms with Gasteiger partial charge in [0.2, 0.25) is 0 Å². The third kappa shape index (κ3) is 4.91. The Morgan fingerprint density at radius 2 is 1.56 bits per heavy atom. The maximum atomic E-state index is 4.22. The third-order valence-electron chi connectivity index (χ3n) is 7.18. The number of hydrogen-bond acceptors (Lipinski definition) is 2. The molecule has 0 fully saturated rings. The summed E-state index contributed by atoms with van der Waals surface area (Å²) in [6.07, 6.45) is 5.43. The van der Waals surface area contributed by atoms with Gasteiger partial charge in [0, 0.05) is 11.1 Å². The Balaban J connectivity index is 0.000000196. The second-order valence-electron chi connectivity index (χ2n) is 9.78. The van der Waals surface area contributed by atoms with Crippen LogP contribution in [0.3, 0.4) is 0 Å². The molecule has 0 saturated heterocycles. The fourth-order valence-corrected chi connectivity index (χ4v) is 6.52. The average molecular weight is 724 g/mol. The first-order valence-electron chi connectivity index (χ1n) is 13.2. The van der Waals surface area contributed by atoms with E-state index in [0.29, 0.717) is 0 Å². The van der Waals surface area contributed by atoms with Crippen molar-refractivity contribution in [1.82, 2.24) is 9.55 Å². The maximum Gasteiger partial charge on any atom is 3.00 e. The van der Waals surface area contributed by atoms with Crippen molar-refractivity contribution in [3.8, 4) is 22.6 Å². The van der Waals surface area contributed by atoms with Gasteiger partial charge in [0.25, 0.3) is 6.33 Å². The van der Waals surface area contributed by atoms with E-state index in [-0.39, 0.29) is 20.1 Å². The Labute approximate surface area is 257 Å². The monoisotopic (exact) mass is 724 g/mol. The van der Waals surface area contributed by atoms with Crippen molar-refractivity contribution in [3.63, 3.8) is 0 Å². The molecule has 2 aromatic heterocycles. The number of fused-ring (bicyclic) bond motifs is 4. The van der Waals surface area contributed by atoms with Gasteiger partial charge in [-0.2, -0.15) is 23.9 Å². The molecule has 3 nitrogen and oxygen atoms in total. The smallest absolute Gasteiger partial charge is 0.313 e. The van der Waals surface area contributed by atoms with Crippen molar-refractivity contribution in [2.24, 2.45) is 0 Å². The van der Waals surface area contributed by atoms with Gasteiger partial charge in [0.05, 0.1) is 16.7 Å². The summed E-state index contributed by atoms with van der Waals surface area (Å²) in [5.74, 6) is 0. The summed E-state index contributed by atoms with van der Waals surface area (Å²) in [4.78, 5) is 6.73. The summed E-state index contributed by atoms with van der Waals surface area (Å²) in [7, 11) is 0. The minimum absolute atomic E-state index is 0. The number of pyridine rings is 1. The van der Waals surface area contributed by atoms with Gasteiger partial charge in [-0.1, -0.05) is 71.6 Å². The van der Waals surface area contributed by atoms with E-state index in [1.165, 1.54) is 48.4 Å². The predicted molar refractivity (Wildman–Crippen MR) is 162 cm³/mol. The molecule has 0 atom stereocenters. The molecular weight excluding hydrogens is 699 g/mol. The zero-order chi connectivity index (χ0) is 27.1. The Hall–Kier alpha value is -4.02. The van der Waals surface area contributed by atoms with Gasteiger partial charge < -0.3 is 9.55 Å². The minimum atomic E-state index is 0. The molecule has 0 unspecified atom stereocenters. The molecule has 7 aromatic rings. The zero-order valence-electron chi connectivity index (χ0n) is 22.6. The van der Waals surface area contributed by atoms with Crippen LogP contribution in [0, 0.1) is 32.3 Å². The SMILES string of the molecule is Cc1cccc(C)c1-n1[c-][n+]2c3c(cccc31)Sc1c-2[c-]cc2ccccc12.[Ir+3].[c-]1ccccc1-c1ccccn1. The molecule has 5 heteroatoms. The Morgan fingerprint density at radius 3 is 2.34 bits per heavy atom. The molecule has 198 valence electrons. The summed E-state index contributed by atoms with van der Waals surface area (Å²) in [5, 5.41) is 2.49. The molecule has 3 heterocycles. The number of aryl methyl sites for hydroxylation is 2. The number of nitrogens with zero attached hydrogens (tertiary/aromatic N) is 3. The van der Waals surface area contributed by atoms with Crippen molar-refractivity contribution in [3.05, 3.63) is 145 Å². The minimum Gasteiger partial charge on any atom is -0.313 e. The predicted octanol–water partition coefficient (Wildman–Crippen LogP) is 8.29. The summed E-state index contributed by atoms with van der Waals surface area (Å²) < 4.78 is 4.40. The van der Waals surface area contributed by atoms with E-state index >= 15 is 0 Å². The van der Waals surface area contributed by atoms with E-state index in [2.05, 4.69) is 113 Å². The fraction of sp³-hybridized carbons (Fsp3) is 0.0556. The van der Waals surface area contributed by atoms with Crippen LogP contribution in [0.15, 0.2) is 125 Å². The number of benzene rings is 5. The number of aromatic nitrogens is 3. The fourth-order valence-electron chi connectivity index (χ4n) is 5.32. The van der Waals surface area contributed by atoms with Crippen molar-refractivity contribution < 1.29 is 24.7 Å². The van der Waals surface area contributed by atoms with Gasteiger partial charge in [-0.25, -0.2) is 0 Å². The standard InChI is InChI=1S/C25H17N2S.C11H8N.Ir/c1-16-7-5-8-17(2)23(16)26-15-27-21-14-13-18-9-3-4-10-19(18)25(21)28-22-12-6-11-20(26)24(22)27;1-2-6-10(7-3-1)11-8-4-5-9-12-11;/h3-13H,1-2H3;1-6,8-9H;/q2*-1;+3. The van der Waals surface area contributed by atoms with Crippen molar-refractivity contribution >= 4 is 33.6 Å². The normalized spacial score (nSPS) is 11.4. The van der Waals surface area contributed by atoms with E-state index in [4.69, 9.17) is 0 Å². The van der Waals surface area contributed by atoms with Crippen LogP contribution < -0.4 is 4.57 Å². The van der Waals surface area contributed by atoms with Gasteiger partial charge in [-0.05, 0) is 42.4 Å². The van der Waals surface area contributed by atoms with Crippen LogP contribution in [0.5, 0.6) is 0 Å². The molecule has 5 aromatic carbocycles. The maximum absolute atomic E-state index is 4.22. The number of hydrogen-bond donors (Lipinski definition) is 0. The Morgan fingerprint density at radius 1 is 0.780 bits per heavy atom. The molecule has 0 aliphatic carbocycles. The molecule has 0 radical (unpaired) electrons. The molecule has 0 bridgehead atoms. The van der Waals surface area contributed by atoms with Crippen LogP contribution in [-0.2, 0) is 20.1 Å². The molecule has 41 heavy (non-hydrogen) atoms. The van der Waals surface area contributed by atoms with E-state index < -0.39 is 0 Å². The summed E-state index contributed by atoms with van der Waals surface area (Å²) in [6.45, 7) is 4.33. The van der Waals surface area contributed by atoms with Crippen LogP contribution in [0.4, 0.5) is 0 Å². The molecular formula is C36H25IrN3S+. The van der Waals surface area contributed by atoms with Gasteiger partial charge in [0.1, 0.15) is 0 Å². The zero-order valence-corrected chi connectivity index (χ0v) is 25.8. The largest absolute Gasteiger partial charge is 3.00 e. The Kier molecular flexibility index (Phi) is 7.59. The summed E-state index contributed by atoms with van der Waals surface area (Å²) >= 11 is 1.84. The van der Waals surface area contributed by atoms with Crippen molar-refractivity contribution in [2.75, 3.05) is 0 Å². The molecule has 1 aliphatic rings. The summed E-state index contributed by atoms with van der Waals surface area (Å²) in [6, 6.07) is 43.9. The topological polar surface area (TPSA) is 21.7 Å². The van der Waals surface area contributed by atoms with E-state index in [9.17, 15) is 0 Å². The first kappa shape index (κ1) is 27.2. The van der Waals surface area contributed by atoms with Crippen molar-refractivity contribution in [1.29, 1.82) is 0 Å². The van der Waals surface area contributed by atoms with Gasteiger partial charge in [-0.15, -0.1) is 52.7 Å². The first-order valence-corrected chi connectivity index (χ1v) is 14.1. The van der Waals surface area contributed by atoms with Crippen LogP contribution >= 0.6 is 11.8 Å². The van der Waals surface area contributed by atoms with Gasteiger partial charge in [0.15, 0.2) is 0 Å². The summed E-state index contributed by atoms with van der Waals surface area (Å²) in [5.41, 5.74) is 9.18. The quantitative estimate of drug-likeness (QED) is 0.132. The van der Waals surface area contributed by atoms with E-state index in [0.717, 1.165) is 16.9 Å². The van der Waals surface area contributed by atoms with E-state index in [1.807, 2.05) is 54.2 Å². The molecule has 8 rings (SSSR count). The molecule has 0 spiro atoms. The average Bonchev–Trinajstić information content (AvgIpc) is 3.39. The van der Waals surface area contributed by atoms with Gasteiger partial charge in [-0.3, -0.25) is 4.57 Å². The Bertz CT molecular complexity index is 1940. The van der Waals surface area contributed by atoms with Crippen LogP contribution in [0.1, 0.15) is 11.1 Å². The van der Waals surface area contributed by atoms with Crippen LogP contribution in [0.2, 0.25) is 0 Å². The second-order valence-corrected chi connectivity index (χ2v) is 10.8. The van der Waals surface area contributed by atoms with Crippen LogP contribution in [-0.4, -0.2) is 9.55 Å². The van der Waals surface area contributed by atoms with Crippen LogP contribution in [0.25, 0.3) is 44.4 Å². The first-order chi connectivity index (χ1) is 19.7. The molecule has 0 N–H and O–H groups in total. The van der Waals surface area contributed by atoms with Gasteiger partial charge >= 0.3 is 20.1 Å². The molecule has 0 amide bonds. The molecule has 0 saturated carbocycles. The van der Waals surface area contributed by atoms with Crippen molar-refractivity contribution in [2.45, 2.75) is 23.6 Å².